The standard InChI is InChI=1S/C21H19F4N5O3S/c22-14-3-1-12(2-4-14)16-10-29(20(32)33)8-13(16)7-26-18-27-11-30(19(31)28-18)9-15-5-6-17(34-15)21(23,24)25/h1-6,11,13,16H,7-10H2,(H,32,33)(H,26,28,31)/t13-,16+/m1/s1. The van der Waals surface area contributed by atoms with Crippen molar-refractivity contribution in [2.24, 2.45) is 5.92 Å². The summed E-state index contributed by atoms with van der Waals surface area (Å²) in [6.07, 6.45) is -4.31. The van der Waals surface area contributed by atoms with Crippen molar-refractivity contribution in [1.82, 2.24) is 19.4 Å². The van der Waals surface area contributed by atoms with Crippen molar-refractivity contribution in [2.75, 3.05) is 25.0 Å². The number of benzene rings is 1. The van der Waals surface area contributed by atoms with Gasteiger partial charge in [0, 0.05) is 36.3 Å². The Kier molecular flexibility index (Phi) is 6.55. The highest BCUT2D eigenvalue weighted by Crippen LogP contribution is 2.35. The third-order valence-electron chi connectivity index (χ3n) is 5.57. The number of nitrogens with one attached hydrogen (secondary N) is 1. The summed E-state index contributed by atoms with van der Waals surface area (Å²) in [4.78, 5) is 32.5. The van der Waals surface area contributed by atoms with Crippen LogP contribution in [-0.2, 0) is 12.7 Å². The van der Waals surface area contributed by atoms with E-state index in [0.717, 1.165) is 16.2 Å². The van der Waals surface area contributed by atoms with Gasteiger partial charge in [-0.2, -0.15) is 18.2 Å². The highest BCUT2D eigenvalue weighted by Gasteiger charge is 2.36. The molecular formula is C21H19F4N5O3S. The summed E-state index contributed by atoms with van der Waals surface area (Å²) >= 11 is 0.544. The van der Waals surface area contributed by atoms with Crippen LogP contribution >= 0.6 is 11.3 Å². The maximum Gasteiger partial charge on any atom is 0.425 e. The fraction of sp³-hybridized carbons (Fsp3) is 0.333. The Hall–Kier alpha value is -3.48. The van der Waals surface area contributed by atoms with Crippen LogP contribution in [0.2, 0.25) is 0 Å². The molecule has 1 aromatic carbocycles. The largest absolute Gasteiger partial charge is 0.465 e. The van der Waals surface area contributed by atoms with Crippen molar-refractivity contribution in [1.29, 1.82) is 0 Å². The van der Waals surface area contributed by atoms with E-state index in [1.54, 1.807) is 12.1 Å². The maximum absolute atomic E-state index is 13.3. The van der Waals surface area contributed by atoms with E-state index in [2.05, 4.69) is 15.3 Å². The monoisotopic (exact) mass is 497 g/mol. The molecule has 1 aliphatic heterocycles. The number of likely N-dealkylation sites (tertiary alicyclic amines) is 1. The third-order valence-corrected chi connectivity index (χ3v) is 6.68. The predicted molar refractivity (Wildman–Crippen MR) is 115 cm³/mol. The third kappa shape index (κ3) is 5.35. The Morgan fingerprint density at radius 2 is 1.91 bits per heavy atom. The van der Waals surface area contributed by atoms with Crippen LogP contribution in [0, 0.1) is 11.7 Å². The van der Waals surface area contributed by atoms with Gasteiger partial charge in [0.2, 0.25) is 5.95 Å². The number of hydrogen-bond acceptors (Lipinski definition) is 6. The number of nitrogens with zero attached hydrogens (tertiary/aromatic N) is 4. The zero-order valence-corrected chi connectivity index (χ0v) is 18.3. The van der Waals surface area contributed by atoms with Crippen LogP contribution in [0.5, 0.6) is 0 Å². The van der Waals surface area contributed by atoms with Gasteiger partial charge in [-0.3, -0.25) is 4.57 Å². The molecule has 0 unspecified atom stereocenters. The highest BCUT2D eigenvalue weighted by atomic mass is 32.1. The van der Waals surface area contributed by atoms with E-state index in [4.69, 9.17) is 0 Å². The van der Waals surface area contributed by atoms with Gasteiger partial charge in [0.25, 0.3) is 0 Å². The fourth-order valence-electron chi connectivity index (χ4n) is 3.88. The molecule has 3 heterocycles. The number of thiophene rings is 1. The number of halogens is 4. The summed E-state index contributed by atoms with van der Waals surface area (Å²) in [5.41, 5.74) is 0.107. The molecular weight excluding hydrogens is 478 g/mol. The normalized spacial score (nSPS) is 18.3. The van der Waals surface area contributed by atoms with Crippen molar-refractivity contribution in [3.63, 3.8) is 0 Å². The molecule has 1 fully saturated rings. The second kappa shape index (κ2) is 9.41. The number of alkyl halides is 3. The van der Waals surface area contributed by atoms with E-state index < -0.39 is 28.7 Å². The van der Waals surface area contributed by atoms with Crippen molar-refractivity contribution in [3.8, 4) is 0 Å². The molecule has 1 amide bonds. The number of rotatable bonds is 6. The molecule has 4 rings (SSSR count). The molecule has 3 aromatic rings. The second-order valence-corrected chi connectivity index (χ2v) is 9.01. The molecule has 180 valence electrons. The van der Waals surface area contributed by atoms with Gasteiger partial charge in [-0.05, 0) is 29.8 Å². The molecule has 0 aliphatic carbocycles. The van der Waals surface area contributed by atoms with Gasteiger partial charge in [-0.25, -0.2) is 19.0 Å². The Morgan fingerprint density at radius 1 is 1.18 bits per heavy atom. The van der Waals surface area contributed by atoms with Gasteiger partial charge < -0.3 is 15.3 Å². The van der Waals surface area contributed by atoms with Gasteiger partial charge in [0.15, 0.2) is 0 Å². The lowest BCUT2D eigenvalue weighted by molar-refractivity contribution is -0.134. The number of carbonyl (C=O) groups is 1. The lowest BCUT2D eigenvalue weighted by atomic mass is 9.89. The summed E-state index contributed by atoms with van der Waals surface area (Å²) < 4.78 is 52.7. The van der Waals surface area contributed by atoms with Crippen molar-refractivity contribution >= 4 is 23.4 Å². The van der Waals surface area contributed by atoms with E-state index in [0.29, 0.717) is 16.2 Å². The van der Waals surface area contributed by atoms with Crippen LogP contribution in [0.1, 0.15) is 21.2 Å². The van der Waals surface area contributed by atoms with Crippen LogP contribution in [0.4, 0.5) is 28.3 Å². The molecule has 0 bridgehead atoms. The van der Waals surface area contributed by atoms with Crippen LogP contribution < -0.4 is 11.0 Å². The van der Waals surface area contributed by atoms with Crippen LogP contribution in [0.15, 0.2) is 47.5 Å². The number of carboxylic acid groups (broad SMARTS) is 1. The molecule has 1 aliphatic rings. The smallest absolute Gasteiger partial charge is 0.425 e. The Morgan fingerprint density at radius 3 is 2.53 bits per heavy atom. The first-order valence-electron chi connectivity index (χ1n) is 10.2. The van der Waals surface area contributed by atoms with Gasteiger partial charge in [-0.1, -0.05) is 12.1 Å². The van der Waals surface area contributed by atoms with Crippen molar-refractivity contribution in [2.45, 2.75) is 18.6 Å². The van der Waals surface area contributed by atoms with Gasteiger partial charge >= 0.3 is 18.0 Å². The molecule has 0 saturated carbocycles. The molecule has 0 spiro atoms. The summed E-state index contributed by atoms with van der Waals surface area (Å²) in [5, 5.41) is 12.3. The maximum atomic E-state index is 13.3. The minimum atomic E-state index is -4.44. The van der Waals surface area contributed by atoms with Crippen molar-refractivity contribution < 1.29 is 27.5 Å². The van der Waals surface area contributed by atoms with Crippen LogP contribution in [-0.4, -0.2) is 50.3 Å². The zero-order chi connectivity index (χ0) is 24.5. The van der Waals surface area contributed by atoms with E-state index in [9.17, 15) is 32.3 Å². The Balaban J connectivity index is 1.43. The van der Waals surface area contributed by atoms with Crippen LogP contribution in [0.3, 0.4) is 0 Å². The zero-order valence-electron chi connectivity index (χ0n) is 17.5. The lowest BCUT2D eigenvalue weighted by Crippen LogP contribution is -2.29. The number of amides is 1. The molecule has 2 aromatic heterocycles. The highest BCUT2D eigenvalue weighted by molar-refractivity contribution is 7.12. The fourth-order valence-corrected chi connectivity index (χ4v) is 4.75. The van der Waals surface area contributed by atoms with Crippen LogP contribution in [0.25, 0.3) is 0 Å². The van der Waals surface area contributed by atoms with Gasteiger partial charge in [0.1, 0.15) is 17.0 Å². The average molecular weight is 497 g/mol. The first kappa shape index (κ1) is 23.7. The summed E-state index contributed by atoms with van der Waals surface area (Å²) in [6, 6.07) is 8.13. The summed E-state index contributed by atoms with van der Waals surface area (Å²) in [7, 11) is 0. The van der Waals surface area contributed by atoms with Gasteiger partial charge in [0.05, 0.1) is 6.54 Å². The minimum absolute atomic E-state index is 0.0232. The average Bonchev–Trinajstić information content (AvgIpc) is 3.42. The van der Waals surface area contributed by atoms with E-state index in [1.165, 1.54) is 29.4 Å². The topological polar surface area (TPSA) is 100 Å². The first-order chi connectivity index (χ1) is 16.1. The Labute approximate surface area is 194 Å². The second-order valence-electron chi connectivity index (χ2n) is 7.84. The van der Waals surface area contributed by atoms with E-state index in [1.807, 2.05) is 0 Å². The molecule has 2 atom stereocenters. The minimum Gasteiger partial charge on any atom is -0.465 e. The summed E-state index contributed by atoms with van der Waals surface area (Å²) in [6.45, 7) is 0.649. The molecule has 2 N–H and O–H groups in total. The molecule has 0 radical (unpaired) electrons. The van der Waals surface area contributed by atoms with E-state index in [-0.39, 0.29) is 44.0 Å². The van der Waals surface area contributed by atoms with Gasteiger partial charge in [-0.15, -0.1) is 11.3 Å². The molecule has 8 nitrogen and oxygen atoms in total. The SMILES string of the molecule is O=C(O)N1C[C@@H](CNc2ncn(Cc3ccc(C(F)(F)F)s3)c(=O)n2)[C@H](c2ccc(F)cc2)C1. The Bertz CT molecular complexity index is 1230. The quantitative estimate of drug-likeness (QED) is 0.504. The first-order valence-corrected chi connectivity index (χ1v) is 11.0. The number of anilines is 1. The number of hydrogen-bond donors (Lipinski definition) is 2. The molecule has 13 heteroatoms. The predicted octanol–water partition coefficient (Wildman–Crippen LogP) is 3.71. The number of aromatic nitrogens is 3. The summed E-state index contributed by atoms with van der Waals surface area (Å²) in [5.74, 6) is -0.738. The van der Waals surface area contributed by atoms with E-state index >= 15 is 0 Å². The van der Waals surface area contributed by atoms with Crippen molar-refractivity contribution in [3.05, 3.63) is 74.3 Å². The lowest BCUT2D eigenvalue weighted by Gasteiger charge is -2.19. The molecule has 1 saturated heterocycles. The molecule has 34 heavy (non-hydrogen) atoms.